The lowest BCUT2D eigenvalue weighted by atomic mass is 10.2. The standard InChI is InChI=1S/C11H15N3O3/c1-11(2,3)17-10(16)14-5-7-4-12-9(15)13-8(7)6-14/h4H,5-6H2,1-3H3,(H,12,13,15). The van der Waals surface area contributed by atoms with Crippen LogP contribution in [0.4, 0.5) is 4.79 Å². The van der Waals surface area contributed by atoms with Crippen LogP contribution < -0.4 is 5.69 Å². The number of carbonyl (C=O) groups is 1. The van der Waals surface area contributed by atoms with Gasteiger partial charge in [0, 0.05) is 17.5 Å². The van der Waals surface area contributed by atoms with Crippen molar-refractivity contribution in [3.05, 3.63) is 27.9 Å². The summed E-state index contributed by atoms with van der Waals surface area (Å²) in [5, 5.41) is 0. The summed E-state index contributed by atoms with van der Waals surface area (Å²) in [5.41, 5.74) is 0.679. The second kappa shape index (κ2) is 3.87. The Morgan fingerprint density at radius 3 is 2.82 bits per heavy atom. The highest BCUT2D eigenvalue weighted by atomic mass is 16.6. The van der Waals surface area contributed by atoms with Gasteiger partial charge in [0.15, 0.2) is 0 Å². The van der Waals surface area contributed by atoms with Crippen LogP contribution in [0, 0.1) is 0 Å². The number of nitrogens with one attached hydrogen (secondary N) is 1. The summed E-state index contributed by atoms with van der Waals surface area (Å²) in [6.45, 7) is 6.24. The molecule has 0 aliphatic carbocycles. The van der Waals surface area contributed by atoms with Gasteiger partial charge < -0.3 is 9.72 Å². The minimum atomic E-state index is -0.516. The van der Waals surface area contributed by atoms with Gasteiger partial charge in [-0.2, -0.15) is 0 Å². The number of hydrogen-bond donors (Lipinski definition) is 1. The molecule has 1 N–H and O–H groups in total. The Kier molecular flexibility index (Phi) is 2.65. The highest BCUT2D eigenvalue weighted by molar-refractivity contribution is 5.69. The number of aromatic nitrogens is 2. The van der Waals surface area contributed by atoms with E-state index < -0.39 is 11.3 Å². The lowest BCUT2D eigenvalue weighted by molar-refractivity contribution is 0.0240. The van der Waals surface area contributed by atoms with Crippen molar-refractivity contribution in [1.82, 2.24) is 14.9 Å². The van der Waals surface area contributed by atoms with Crippen LogP contribution >= 0.6 is 0 Å². The summed E-state index contributed by atoms with van der Waals surface area (Å²) < 4.78 is 5.26. The molecule has 0 radical (unpaired) electrons. The number of hydrogen-bond acceptors (Lipinski definition) is 4. The van der Waals surface area contributed by atoms with Crippen LogP contribution in [0.25, 0.3) is 0 Å². The van der Waals surface area contributed by atoms with Crippen molar-refractivity contribution in [3.8, 4) is 0 Å². The molecule has 17 heavy (non-hydrogen) atoms. The molecule has 0 spiro atoms. The number of ether oxygens (including phenoxy) is 1. The van der Waals surface area contributed by atoms with E-state index in [0.717, 1.165) is 11.3 Å². The van der Waals surface area contributed by atoms with Gasteiger partial charge in [-0.1, -0.05) is 0 Å². The lowest BCUT2D eigenvalue weighted by Crippen LogP contribution is -2.33. The van der Waals surface area contributed by atoms with Crippen molar-refractivity contribution < 1.29 is 9.53 Å². The molecule has 0 fully saturated rings. The number of amides is 1. The Hall–Kier alpha value is -1.85. The predicted molar refractivity (Wildman–Crippen MR) is 60.3 cm³/mol. The summed E-state index contributed by atoms with van der Waals surface area (Å²) in [6.07, 6.45) is 1.12. The molecule has 2 heterocycles. The normalized spacial score (nSPS) is 14.6. The first-order valence-corrected chi connectivity index (χ1v) is 5.40. The SMILES string of the molecule is CC(C)(C)OC(=O)N1Cc2cnc(=O)[nH]c2C1. The fourth-order valence-corrected chi connectivity index (χ4v) is 1.64. The van der Waals surface area contributed by atoms with Crippen molar-refractivity contribution >= 4 is 6.09 Å². The Bertz CT molecular complexity index is 501. The number of carbonyl (C=O) groups excluding carboxylic acids is 1. The van der Waals surface area contributed by atoms with Gasteiger partial charge in [-0.05, 0) is 20.8 Å². The van der Waals surface area contributed by atoms with Crippen LogP contribution in [-0.4, -0.2) is 26.6 Å². The van der Waals surface area contributed by atoms with Crippen LogP contribution in [0.15, 0.2) is 11.0 Å². The number of aromatic amines is 1. The predicted octanol–water partition coefficient (Wildman–Crippen LogP) is 1.02. The molecule has 0 saturated carbocycles. The van der Waals surface area contributed by atoms with Crippen molar-refractivity contribution in [2.45, 2.75) is 39.5 Å². The summed E-state index contributed by atoms with van der Waals surface area (Å²) in [6, 6.07) is 0. The molecule has 0 saturated heterocycles. The van der Waals surface area contributed by atoms with Crippen molar-refractivity contribution in [2.75, 3.05) is 0 Å². The molecule has 1 aliphatic heterocycles. The van der Waals surface area contributed by atoms with E-state index in [4.69, 9.17) is 4.74 Å². The van der Waals surface area contributed by atoms with Crippen molar-refractivity contribution in [2.24, 2.45) is 0 Å². The molecule has 6 heteroatoms. The number of nitrogens with zero attached hydrogens (tertiary/aromatic N) is 2. The largest absolute Gasteiger partial charge is 0.444 e. The molecule has 0 atom stereocenters. The molecular weight excluding hydrogens is 222 g/mol. The molecule has 1 aromatic rings. The van der Waals surface area contributed by atoms with Crippen molar-refractivity contribution in [1.29, 1.82) is 0 Å². The third kappa shape index (κ3) is 2.64. The average Bonchev–Trinajstić information content (AvgIpc) is 2.57. The quantitative estimate of drug-likeness (QED) is 0.731. The molecular formula is C11H15N3O3. The van der Waals surface area contributed by atoms with E-state index in [2.05, 4.69) is 9.97 Å². The van der Waals surface area contributed by atoms with Gasteiger partial charge in [0.1, 0.15) is 5.60 Å². The third-order valence-corrected chi connectivity index (χ3v) is 2.34. The zero-order chi connectivity index (χ0) is 12.6. The van der Waals surface area contributed by atoms with Gasteiger partial charge in [0.2, 0.25) is 0 Å². The fraction of sp³-hybridized carbons (Fsp3) is 0.545. The second-order valence-electron chi connectivity index (χ2n) is 5.03. The Labute approximate surface area is 98.6 Å². The highest BCUT2D eigenvalue weighted by Crippen LogP contribution is 2.21. The summed E-state index contributed by atoms with van der Waals surface area (Å²) in [7, 11) is 0. The van der Waals surface area contributed by atoms with E-state index >= 15 is 0 Å². The maximum Gasteiger partial charge on any atom is 0.410 e. The smallest absolute Gasteiger partial charge is 0.410 e. The van der Waals surface area contributed by atoms with Crippen LogP contribution in [0.5, 0.6) is 0 Å². The number of fused-ring (bicyclic) bond motifs is 1. The first-order valence-electron chi connectivity index (χ1n) is 5.40. The Balaban J connectivity index is 2.10. The van der Waals surface area contributed by atoms with Crippen LogP contribution in [0.1, 0.15) is 32.0 Å². The fourth-order valence-electron chi connectivity index (χ4n) is 1.64. The molecule has 1 amide bonds. The second-order valence-corrected chi connectivity index (χ2v) is 5.03. The van der Waals surface area contributed by atoms with Crippen LogP contribution in [0.3, 0.4) is 0 Å². The zero-order valence-electron chi connectivity index (χ0n) is 10.1. The summed E-state index contributed by atoms with van der Waals surface area (Å²) in [4.78, 5) is 30.6. The molecule has 0 aromatic carbocycles. The maximum absolute atomic E-state index is 11.8. The van der Waals surface area contributed by atoms with Gasteiger partial charge in [-0.3, -0.25) is 4.90 Å². The van der Waals surface area contributed by atoms with Gasteiger partial charge in [0.25, 0.3) is 0 Å². The number of H-pyrrole nitrogens is 1. The molecule has 0 unspecified atom stereocenters. The van der Waals surface area contributed by atoms with E-state index in [-0.39, 0.29) is 6.09 Å². The van der Waals surface area contributed by atoms with E-state index in [1.165, 1.54) is 11.1 Å². The molecule has 92 valence electrons. The van der Waals surface area contributed by atoms with Gasteiger partial charge in [-0.25, -0.2) is 14.6 Å². The van der Waals surface area contributed by atoms with Crippen LogP contribution in [0.2, 0.25) is 0 Å². The topological polar surface area (TPSA) is 75.3 Å². The van der Waals surface area contributed by atoms with Crippen molar-refractivity contribution in [3.63, 3.8) is 0 Å². The van der Waals surface area contributed by atoms with Gasteiger partial charge >= 0.3 is 11.8 Å². The Morgan fingerprint density at radius 1 is 1.47 bits per heavy atom. The molecule has 1 aliphatic rings. The molecule has 1 aromatic heterocycles. The van der Waals surface area contributed by atoms with E-state index in [0.29, 0.717) is 13.1 Å². The van der Waals surface area contributed by atoms with E-state index in [1.807, 2.05) is 20.8 Å². The van der Waals surface area contributed by atoms with Gasteiger partial charge in [-0.15, -0.1) is 0 Å². The minimum Gasteiger partial charge on any atom is -0.444 e. The molecule has 2 rings (SSSR count). The molecule has 0 bridgehead atoms. The average molecular weight is 237 g/mol. The first-order chi connectivity index (χ1) is 7.85. The van der Waals surface area contributed by atoms with Gasteiger partial charge in [0.05, 0.1) is 13.1 Å². The summed E-state index contributed by atoms with van der Waals surface area (Å²) in [5.74, 6) is 0. The Morgan fingerprint density at radius 2 is 2.18 bits per heavy atom. The summed E-state index contributed by atoms with van der Waals surface area (Å²) >= 11 is 0. The van der Waals surface area contributed by atoms with E-state index in [9.17, 15) is 9.59 Å². The molecule has 6 nitrogen and oxygen atoms in total. The minimum absolute atomic E-state index is 0.363. The zero-order valence-corrected chi connectivity index (χ0v) is 10.1. The van der Waals surface area contributed by atoms with Crippen LogP contribution in [-0.2, 0) is 17.8 Å². The number of rotatable bonds is 0. The highest BCUT2D eigenvalue weighted by Gasteiger charge is 2.28. The lowest BCUT2D eigenvalue weighted by Gasteiger charge is -2.23. The maximum atomic E-state index is 11.8. The third-order valence-electron chi connectivity index (χ3n) is 2.34. The van der Waals surface area contributed by atoms with E-state index in [1.54, 1.807) is 0 Å². The monoisotopic (exact) mass is 237 g/mol. The first kappa shape index (κ1) is 11.6.